The topological polar surface area (TPSA) is 23.5 Å². The maximum atomic E-state index is 13.8. The van der Waals surface area contributed by atoms with Gasteiger partial charge in [0.05, 0.1) is 5.60 Å². The van der Waals surface area contributed by atoms with Crippen molar-refractivity contribution in [1.82, 2.24) is 4.90 Å². The molecule has 1 aliphatic rings. The minimum atomic E-state index is -0.868. The fourth-order valence-corrected chi connectivity index (χ4v) is 3.35. The lowest BCUT2D eigenvalue weighted by atomic mass is 9.76. The van der Waals surface area contributed by atoms with E-state index in [1.807, 2.05) is 19.0 Å². The summed E-state index contributed by atoms with van der Waals surface area (Å²) in [5.74, 6) is -0.291. The Morgan fingerprint density at radius 1 is 1.42 bits per heavy atom. The summed E-state index contributed by atoms with van der Waals surface area (Å²) >= 11 is 5.92. The monoisotopic (exact) mass is 285 g/mol. The Morgan fingerprint density at radius 3 is 2.84 bits per heavy atom. The number of rotatable bonds is 3. The van der Waals surface area contributed by atoms with Crippen LogP contribution in [0, 0.1) is 5.82 Å². The molecule has 1 aromatic rings. The second-order valence-corrected chi connectivity index (χ2v) is 6.18. The summed E-state index contributed by atoms with van der Waals surface area (Å²) in [6, 6.07) is 4.60. The van der Waals surface area contributed by atoms with Gasteiger partial charge in [0.1, 0.15) is 5.82 Å². The standard InChI is InChI=1S/C15H21ClFNO/c1-18(2)14-5-3-4-8-15(14,19)10-11-9-12(16)6-7-13(11)17/h6-7,9,14,19H,3-5,8,10H2,1-2H3. The highest BCUT2D eigenvalue weighted by atomic mass is 35.5. The Hall–Kier alpha value is -0.640. The third kappa shape index (κ3) is 3.28. The van der Waals surface area contributed by atoms with Gasteiger partial charge in [-0.25, -0.2) is 4.39 Å². The van der Waals surface area contributed by atoms with Gasteiger partial charge in [0.15, 0.2) is 0 Å². The van der Waals surface area contributed by atoms with Crippen LogP contribution in [0.25, 0.3) is 0 Å². The maximum absolute atomic E-state index is 13.8. The summed E-state index contributed by atoms with van der Waals surface area (Å²) in [6.45, 7) is 0. The van der Waals surface area contributed by atoms with Crippen molar-refractivity contribution in [2.75, 3.05) is 14.1 Å². The van der Waals surface area contributed by atoms with E-state index in [9.17, 15) is 9.50 Å². The molecule has 0 heterocycles. The lowest BCUT2D eigenvalue weighted by Crippen LogP contribution is -2.53. The third-order valence-electron chi connectivity index (χ3n) is 4.09. The fraction of sp³-hybridized carbons (Fsp3) is 0.600. The molecule has 19 heavy (non-hydrogen) atoms. The lowest BCUT2D eigenvalue weighted by molar-refractivity contribution is -0.0603. The number of hydrogen-bond acceptors (Lipinski definition) is 2. The van der Waals surface area contributed by atoms with Crippen molar-refractivity contribution in [1.29, 1.82) is 0 Å². The number of halogens is 2. The predicted molar refractivity (Wildman–Crippen MR) is 76.0 cm³/mol. The summed E-state index contributed by atoms with van der Waals surface area (Å²) in [6.07, 6.45) is 4.09. The smallest absolute Gasteiger partial charge is 0.126 e. The summed E-state index contributed by atoms with van der Waals surface area (Å²) in [7, 11) is 3.94. The lowest BCUT2D eigenvalue weighted by Gasteiger charge is -2.43. The molecule has 2 atom stereocenters. The average molecular weight is 286 g/mol. The zero-order chi connectivity index (χ0) is 14.0. The fourth-order valence-electron chi connectivity index (χ4n) is 3.16. The van der Waals surface area contributed by atoms with Crippen molar-refractivity contribution in [2.45, 2.75) is 43.7 Å². The normalized spacial score (nSPS) is 27.8. The van der Waals surface area contributed by atoms with Crippen molar-refractivity contribution in [3.8, 4) is 0 Å². The molecule has 2 unspecified atom stereocenters. The first-order valence-electron chi connectivity index (χ1n) is 6.75. The minimum absolute atomic E-state index is 0.0691. The summed E-state index contributed by atoms with van der Waals surface area (Å²) in [5.41, 5.74) is -0.364. The second-order valence-electron chi connectivity index (χ2n) is 5.74. The van der Waals surface area contributed by atoms with E-state index in [4.69, 9.17) is 11.6 Å². The molecule has 2 nitrogen and oxygen atoms in total. The highest BCUT2D eigenvalue weighted by molar-refractivity contribution is 6.30. The van der Waals surface area contributed by atoms with Gasteiger partial charge in [-0.2, -0.15) is 0 Å². The first-order chi connectivity index (χ1) is 8.92. The van der Waals surface area contributed by atoms with Gasteiger partial charge in [0, 0.05) is 17.5 Å². The summed E-state index contributed by atoms with van der Waals surface area (Å²) in [5, 5.41) is 11.4. The second kappa shape index (κ2) is 5.78. The van der Waals surface area contributed by atoms with Gasteiger partial charge >= 0.3 is 0 Å². The summed E-state index contributed by atoms with van der Waals surface area (Å²) in [4.78, 5) is 2.04. The largest absolute Gasteiger partial charge is 0.388 e. The highest BCUT2D eigenvalue weighted by Crippen LogP contribution is 2.35. The Balaban J connectivity index is 2.25. The van der Waals surface area contributed by atoms with Gasteiger partial charge in [-0.1, -0.05) is 24.4 Å². The van der Waals surface area contributed by atoms with Crippen LogP contribution >= 0.6 is 11.6 Å². The molecule has 106 valence electrons. The zero-order valence-corrected chi connectivity index (χ0v) is 12.3. The molecule has 0 spiro atoms. The quantitative estimate of drug-likeness (QED) is 0.921. The SMILES string of the molecule is CN(C)C1CCCCC1(O)Cc1cc(Cl)ccc1F. The van der Waals surface area contributed by atoms with Gasteiger partial charge in [-0.15, -0.1) is 0 Å². The van der Waals surface area contributed by atoms with Gasteiger partial charge in [-0.3, -0.25) is 0 Å². The molecule has 2 rings (SSSR count). The van der Waals surface area contributed by atoms with Gasteiger partial charge in [0.2, 0.25) is 0 Å². The molecule has 0 bridgehead atoms. The van der Waals surface area contributed by atoms with E-state index in [1.165, 1.54) is 12.1 Å². The average Bonchev–Trinajstić information content (AvgIpc) is 2.33. The Bertz CT molecular complexity index is 452. The predicted octanol–water partition coefficient (Wildman–Crippen LogP) is 3.26. The van der Waals surface area contributed by atoms with Crippen molar-refractivity contribution in [3.05, 3.63) is 34.6 Å². The van der Waals surface area contributed by atoms with Crippen molar-refractivity contribution in [2.24, 2.45) is 0 Å². The number of likely N-dealkylation sites (N-methyl/N-ethyl adjacent to an activating group) is 1. The van der Waals surface area contributed by atoms with Gasteiger partial charge in [-0.05, 0) is 50.7 Å². The van der Waals surface area contributed by atoms with Crippen LogP contribution in [-0.4, -0.2) is 35.7 Å². The first-order valence-corrected chi connectivity index (χ1v) is 7.13. The van der Waals surface area contributed by atoms with Crippen LogP contribution in [0.3, 0.4) is 0 Å². The molecule has 4 heteroatoms. The summed E-state index contributed by atoms with van der Waals surface area (Å²) < 4.78 is 13.8. The van der Waals surface area contributed by atoms with Crippen molar-refractivity contribution >= 4 is 11.6 Å². The van der Waals surface area contributed by atoms with E-state index in [-0.39, 0.29) is 11.9 Å². The number of nitrogens with zero attached hydrogens (tertiary/aromatic N) is 1. The van der Waals surface area contributed by atoms with Crippen LogP contribution in [0.15, 0.2) is 18.2 Å². The minimum Gasteiger partial charge on any atom is -0.388 e. The first kappa shape index (κ1) is 14.8. The Kier molecular flexibility index (Phi) is 4.49. The van der Waals surface area contributed by atoms with Crippen LogP contribution < -0.4 is 0 Å². The van der Waals surface area contributed by atoms with Gasteiger partial charge < -0.3 is 10.0 Å². The van der Waals surface area contributed by atoms with Crippen LogP contribution in [0.5, 0.6) is 0 Å². The molecule has 0 aromatic heterocycles. The molecule has 1 aromatic carbocycles. The van der Waals surface area contributed by atoms with E-state index < -0.39 is 5.60 Å². The maximum Gasteiger partial charge on any atom is 0.126 e. The van der Waals surface area contributed by atoms with Crippen LogP contribution in [-0.2, 0) is 6.42 Å². The van der Waals surface area contributed by atoms with E-state index in [1.54, 1.807) is 6.07 Å². The van der Waals surface area contributed by atoms with Crippen molar-refractivity contribution in [3.63, 3.8) is 0 Å². The Morgan fingerprint density at radius 2 is 2.16 bits per heavy atom. The Labute approximate surface area is 119 Å². The zero-order valence-electron chi connectivity index (χ0n) is 11.5. The number of benzene rings is 1. The molecule has 0 aliphatic heterocycles. The molecular formula is C15H21ClFNO. The molecule has 0 radical (unpaired) electrons. The van der Waals surface area contributed by atoms with E-state index >= 15 is 0 Å². The third-order valence-corrected chi connectivity index (χ3v) is 4.32. The highest BCUT2D eigenvalue weighted by Gasteiger charge is 2.40. The number of aliphatic hydroxyl groups is 1. The van der Waals surface area contributed by atoms with E-state index in [0.717, 1.165) is 19.3 Å². The van der Waals surface area contributed by atoms with Crippen LogP contribution in [0.1, 0.15) is 31.2 Å². The van der Waals surface area contributed by atoms with E-state index in [2.05, 4.69) is 0 Å². The van der Waals surface area contributed by atoms with Crippen LogP contribution in [0.2, 0.25) is 5.02 Å². The molecule has 1 aliphatic carbocycles. The molecule has 1 fully saturated rings. The molecule has 1 N–H and O–H groups in total. The van der Waals surface area contributed by atoms with Gasteiger partial charge in [0.25, 0.3) is 0 Å². The van der Waals surface area contributed by atoms with Crippen molar-refractivity contribution < 1.29 is 9.50 Å². The molecular weight excluding hydrogens is 265 g/mol. The van der Waals surface area contributed by atoms with E-state index in [0.29, 0.717) is 23.4 Å². The molecule has 0 amide bonds. The molecule has 0 saturated heterocycles. The van der Waals surface area contributed by atoms with Crippen LogP contribution in [0.4, 0.5) is 4.39 Å². The molecule has 1 saturated carbocycles. The number of hydrogen-bond donors (Lipinski definition) is 1.